The van der Waals surface area contributed by atoms with Gasteiger partial charge in [0.15, 0.2) is 11.6 Å². The van der Waals surface area contributed by atoms with Crippen LogP contribution < -0.4 is 15.0 Å². The molecule has 0 spiro atoms. The van der Waals surface area contributed by atoms with Crippen molar-refractivity contribution >= 4 is 11.4 Å². The van der Waals surface area contributed by atoms with E-state index in [2.05, 4.69) is 5.32 Å². The summed E-state index contributed by atoms with van der Waals surface area (Å²) in [6.07, 6.45) is 0. The first-order valence-electron chi connectivity index (χ1n) is 6.03. The van der Waals surface area contributed by atoms with Crippen LogP contribution in [0, 0.1) is 15.9 Å². The smallest absolute Gasteiger partial charge is 0.313 e. The summed E-state index contributed by atoms with van der Waals surface area (Å²) in [5, 5.41) is 14.1. The zero-order valence-electron chi connectivity index (χ0n) is 10.9. The molecule has 104 valence electrons. The number of halogens is 1. The van der Waals surface area contributed by atoms with Crippen LogP contribution in [0.3, 0.4) is 0 Å². The fraction of sp³-hybridized carbons (Fsp3) is 0.500. The van der Waals surface area contributed by atoms with Gasteiger partial charge < -0.3 is 15.0 Å². The molecule has 2 rings (SSSR count). The number of benzene rings is 1. The van der Waals surface area contributed by atoms with E-state index >= 15 is 0 Å². The van der Waals surface area contributed by atoms with Crippen LogP contribution in [0.1, 0.15) is 6.92 Å². The lowest BCUT2D eigenvalue weighted by Gasteiger charge is -2.33. The maximum Gasteiger partial charge on any atom is 0.313 e. The molecular weight excluding hydrogens is 253 g/mol. The molecule has 1 aliphatic heterocycles. The normalized spacial score (nSPS) is 19.3. The number of anilines is 1. The molecule has 1 saturated heterocycles. The minimum Gasteiger partial charge on any atom is -0.490 e. The molecule has 6 nitrogen and oxygen atoms in total. The van der Waals surface area contributed by atoms with E-state index in [1.54, 1.807) is 0 Å². The third-order valence-corrected chi connectivity index (χ3v) is 3.15. The molecule has 0 aliphatic carbocycles. The average molecular weight is 269 g/mol. The first-order valence-corrected chi connectivity index (χ1v) is 6.03. The Morgan fingerprint density at radius 3 is 2.89 bits per heavy atom. The van der Waals surface area contributed by atoms with Crippen molar-refractivity contribution in [2.75, 3.05) is 31.6 Å². The lowest BCUT2D eigenvalue weighted by Crippen LogP contribution is -2.49. The summed E-state index contributed by atoms with van der Waals surface area (Å²) < 4.78 is 19.0. The van der Waals surface area contributed by atoms with Crippen LogP contribution in [-0.4, -0.2) is 37.7 Å². The Kier molecular flexibility index (Phi) is 3.84. The van der Waals surface area contributed by atoms with Gasteiger partial charge in [-0.15, -0.1) is 0 Å². The molecule has 1 aromatic carbocycles. The SMILES string of the molecule is COc1cc(N2CCN[C@@H](C)C2)c(F)cc1[N+](=O)[O-]. The number of nitro groups is 1. The van der Waals surface area contributed by atoms with Gasteiger partial charge in [0.2, 0.25) is 0 Å². The van der Waals surface area contributed by atoms with Crippen molar-refractivity contribution in [1.29, 1.82) is 0 Å². The molecule has 1 aliphatic rings. The van der Waals surface area contributed by atoms with Crippen LogP contribution in [0.4, 0.5) is 15.8 Å². The second kappa shape index (κ2) is 5.40. The second-order valence-electron chi connectivity index (χ2n) is 4.53. The number of methoxy groups -OCH3 is 1. The molecule has 19 heavy (non-hydrogen) atoms. The molecule has 1 heterocycles. The van der Waals surface area contributed by atoms with Gasteiger partial charge in [0, 0.05) is 31.7 Å². The largest absolute Gasteiger partial charge is 0.490 e. The monoisotopic (exact) mass is 269 g/mol. The van der Waals surface area contributed by atoms with Crippen LogP contribution in [0.25, 0.3) is 0 Å². The van der Waals surface area contributed by atoms with Crippen molar-refractivity contribution < 1.29 is 14.1 Å². The summed E-state index contributed by atoms with van der Waals surface area (Å²) in [4.78, 5) is 12.0. The van der Waals surface area contributed by atoms with E-state index in [0.29, 0.717) is 18.8 Å². The summed E-state index contributed by atoms with van der Waals surface area (Å²) in [5.41, 5.74) is -0.0114. The number of hydrogen-bond donors (Lipinski definition) is 1. The van der Waals surface area contributed by atoms with E-state index in [-0.39, 0.29) is 17.5 Å². The highest BCUT2D eigenvalue weighted by Gasteiger charge is 2.24. The Hall–Kier alpha value is -1.89. The Balaban J connectivity index is 2.38. The predicted octanol–water partition coefficient (Wildman–Crippen LogP) is 1.54. The quantitative estimate of drug-likeness (QED) is 0.666. The van der Waals surface area contributed by atoms with Gasteiger partial charge in [-0.25, -0.2) is 4.39 Å². The zero-order valence-corrected chi connectivity index (χ0v) is 10.9. The fourth-order valence-electron chi connectivity index (χ4n) is 2.23. The minimum absolute atomic E-state index is 0.0765. The number of rotatable bonds is 3. The number of ether oxygens (including phenoxy) is 1. The number of piperazine rings is 1. The maximum atomic E-state index is 14.0. The minimum atomic E-state index is -0.647. The second-order valence-corrected chi connectivity index (χ2v) is 4.53. The molecule has 1 atom stereocenters. The van der Waals surface area contributed by atoms with Crippen LogP contribution >= 0.6 is 0 Å². The lowest BCUT2D eigenvalue weighted by molar-refractivity contribution is -0.385. The Labute approximate surface area is 110 Å². The van der Waals surface area contributed by atoms with Crippen molar-refractivity contribution in [1.82, 2.24) is 5.32 Å². The molecule has 0 bridgehead atoms. The molecule has 1 N–H and O–H groups in total. The van der Waals surface area contributed by atoms with Crippen LogP contribution in [0.15, 0.2) is 12.1 Å². The molecule has 1 fully saturated rings. The molecule has 1 aromatic rings. The van der Waals surface area contributed by atoms with Gasteiger partial charge in [0.1, 0.15) is 0 Å². The van der Waals surface area contributed by atoms with E-state index in [9.17, 15) is 14.5 Å². The number of nitro benzene ring substituents is 1. The molecule has 0 aromatic heterocycles. The molecular formula is C12H16FN3O3. The van der Waals surface area contributed by atoms with Crippen molar-refractivity contribution in [2.24, 2.45) is 0 Å². The molecule has 0 radical (unpaired) electrons. The van der Waals surface area contributed by atoms with Crippen molar-refractivity contribution in [3.8, 4) is 5.75 Å². The van der Waals surface area contributed by atoms with Gasteiger partial charge in [-0.1, -0.05) is 0 Å². The Morgan fingerprint density at radius 2 is 2.32 bits per heavy atom. The van der Waals surface area contributed by atoms with Crippen molar-refractivity contribution in [3.63, 3.8) is 0 Å². The first kappa shape index (κ1) is 13.5. The Morgan fingerprint density at radius 1 is 1.58 bits per heavy atom. The summed E-state index contributed by atoms with van der Waals surface area (Å²) >= 11 is 0. The lowest BCUT2D eigenvalue weighted by atomic mass is 10.1. The molecule has 7 heteroatoms. The zero-order chi connectivity index (χ0) is 14.0. The van der Waals surface area contributed by atoms with E-state index in [1.807, 2.05) is 11.8 Å². The highest BCUT2D eigenvalue weighted by Crippen LogP contribution is 2.34. The highest BCUT2D eigenvalue weighted by atomic mass is 19.1. The van der Waals surface area contributed by atoms with E-state index in [4.69, 9.17) is 4.74 Å². The molecule has 0 unspecified atom stereocenters. The predicted molar refractivity (Wildman–Crippen MR) is 69.3 cm³/mol. The Bertz CT molecular complexity index is 495. The standard InChI is InChI=1S/C12H16FN3O3/c1-8-7-15(4-3-14-8)10-6-12(19-2)11(16(17)18)5-9(10)13/h5-6,8,14H,3-4,7H2,1-2H3/t8-/m0/s1. The summed E-state index contributed by atoms with van der Waals surface area (Å²) in [6.45, 7) is 4.06. The fourth-order valence-corrected chi connectivity index (χ4v) is 2.23. The van der Waals surface area contributed by atoms with Gasteiger partial charge in [-0.05, 0) is 6.92 Å². The molecule has 0 saturated carbocycles. The maximum absolute atomic E-state index is 14.0. The van der Waals surface area contributed by atoms with Crippen LogP contribution in [0.2, 0.25) is 0 Å². The summed E-state index contributed by atoms with van der Waals surface area (Å²) in [5.74, 6) is -0.519. The average Bonchev–Trinajstić information content (AvgIpc) is 2.38. The number of nitrogens with one attached hydrogen (secondary N) is 1. The van der Waals surface area contributed by atoms with Gasteiger partial charge in [0.05, 0.1) is 23.8 Å². The first-order chi connectivity index (χ1) is 9.02. The molecule has 0 amide bonds. The van der Waals surface area contributed by atoms with Crippen molar-refractivity contribution in [3.05, 3.63) is 28.1 Å². The van der Waals surface area contributed by atoms with E-state index in [0.717, 1.165) is 12.6 Å². The van der Waals surface area contributed by atoms with Crippen LogP contribution in [0.5, 0.6) is 5.75 Å². The summed E-state index contributed by atoms with van der Waals surface area (Å²) in [6, 6.07) is 2.56. The third-order valence-electron chi connectivity index (χ3n) is 3.15. The van der Waals surface area contributed by atoms with Gasteiger partial charge in [0.25, 0.3) is 0 Å². The number of nitrogens with zero attached hydrogens (tertiary/aromatic N) is 2. The van der Waals surface area contributed by atoms with Gasteiger partial charge in [-0.3, -0.25) is 10.1 Å². The summed E-state index contributed by atoms with van der Waals surface area (Å²) in [7, 11) is 1.34. The van der Waals surface area contributed by atoms with Crippen molar-refractivity contribution in [2.45, 2.75) is 13.0 Å². The van der Waals surface area contributed by atoms with Gasteiger partial charge in [-0.2, -0.15) is 0 Å². The van der Waals surface area contributed by atoms with Gasteiger partial charge >= 0.3 is 5.69 Å². The van der Waals surface area contributed by atoms with E-state index in [1.165, 1.54) is 13.2 Å². The topological polar surface area (TPSA) is 67.6 Å². The number of hydrogen-bond acceptors (Lipinski definition) is 5. The highest BCUT2D eigenvalue weighted by molar-refractivity contribution is 5.60. The van der Waals surface area contributed by atoms with E-state index < -0.39 is 10.7 Å². The third kappa shape index (κ3) is 2.76. The van der Waals surface area contributed by atoms with Crippen LogP contribution in [-0.2, 0) is 0 Å².